The average molecular weight is 312 g/mol. The first-order valence-corrected chi connectivity index (χ1v) is 8.31. The predicted octanol–water partition coefficient (Wildman–Crippen LogP) is 3.54. The van der Waals surface area contributed by atoms with Crippen molar-refractivity contribution in [2.75, 3.05) is 17.2 Å². The largest absolute Gasteiger partial charge is 0.380 e. The van der Waals surface area contributed by atoms with Gasteiger partial charge in [-0.1, -0.05) is 39.3 Å². The van der Waals surface area contributed by atoms with Crippen LogP contribution in [0.1, 0.15) is 45.6 Å². The maximum atomic E-state index is 11.9. The first kappa shape index (κ1) is 15.8. The van der Waals surface area contributed by atoms with Crippen LogP contribution in [0.5, 0.6) is 0 Å². The first-order valence-electron chi connectivity index (χ1n) is 8.31. The van der Waals surface area contributed by atoms with Crippen LogP contribution in [0.25, 0.3) is 0 Å². The monoisotopic (exact) mass is 312 g/mol. The van der Waals surface area contributed by atoms with Gasteiger partial charge in [0.05, 0.1) is 0 Å². The van der Waals surface area contributed by atoms with E-state index in [0.29, 0.717) is 17.3 Å². The van der Waals surface area contributed by atoms with Crippen molar-refractivity contribution in [1.29, 1.82) is 0 Å². The summed E-state index contributed by atoms with van der Waals surface area (Å²) in [5.74, 6) is 0.636. The second kappa shape index (κ2) is 5.84. The first-order chi connectivity index (χ1) is 10.9. The van der Waals surface area contributed by atoms with E-state index in [-0.39, 0.29) is 5.41 Å². The molecule has 1 aliphatic rings. The highest BCUT2D eigenvalue weighted by atomic mass is 16.2. The summed E-state index contributed by atoms with van der Waals surface area (Å²) in [4.78, 5) is 23.7. The highest BCUT2D eigenvalue weighted by Gasteiger charge is 2.24. The summed E-state index contributed by atoms with van der Waals surface area (Å²) in [7, 11) is 0. The van der Waals surface area contributed by atoms with E-state index in [1.54, 1.807) is 0 Å². The number of rotatable bonds is 5. The van der Waals surface area contributed by atoms with Gasteiger partial charge in [-0.05, 0) is 41.9 Å². The number of anilines is 3. The topological polar surface area (TPSA) is 58.2 Å². The second-order valence-corrected chi connectivity index (χ2v) is 7.54. The Balaban J connectivity index is 1.76. The van der Waals surface area contributed by atoms with Crippen LogP contribution < -0.4 is 21.5 Å². The van der Waals surface area contributed by atoms with Crippen LogP contribution in [-0.2, 0) is 5.41 Å². The lowest BCUT2D eigenvalue weighted by molar-refractivity contribution is 0.333. The zero-order valence-electron chi connectivity index (χ0n) is 14.0. The Bertz CT molecular complexity index is 775. The smallest absolute Gasteiger partial charge is 0.253 e. The molecule has 0 spiro atoms. The molecule has 4 heteroatoms. The van der Waals surface area contributed by atoms with Gasteiger partial charge < -0.3 is 10.6 Å². The van der Waals surface area contributed by atoms with Crippen LogP contribution in [0, 0.1) is 5.92 Å². The van der Waals surface area contributed by atoms with Crippen LogP contribution in [-0.4, -0.2) is 6.54 Å². The normalized spacial score (nSPS) is 15.4. The van der Waals surface area contributed by atoms with Crippen molar-refractivity contribution < 1.29 is 0 Å². The summed E-state index contributed by atoms with van der Waals surface area (Å²) < 4.78 is 0. The van der Waals surface area contributed by atoms with Gasteiger partial charge in [0.1, 0.15) is 11.4 Å². The number of benzene rings is 1. The Morgan fingerprint density at radius 1 is 1.09 bits per heavy atom. The van der Waals surface area contributed by atoms with Gasteiger partial charge >= 0.3 is 0 Å². The third-order valence-electron chi connectivity index (χ3n) is 4.70. The maximum Gasteiger partial charge on any atom is 0.253 e. The molecule has 2 aromatic rings. The van der Waals surface area contributed by atoms with Crippen molar-refractivity contribution in [3.8, 4) is 0 Å². The molecule has 2 N–H and O–H groups in total. The zero-order chi connectivity index (χ0) is 16.6. The van der Waals surface area contributed by atoms with Crippen molar-refractivity contribution in [3.05, 3.63) is 50.3 Å². The minimum atomic E-state index is -0.428. The molecular formula is C19H24N2O2. The standard InChI is InChI=1S/C19H24N2O2/c1-19(2,3)13-8-5-9-14(10-13)21-16-15(17(22)18(16)23)20-11-12-6-4-7-12/h5,8-10,12,20-21H,4,6-7,11H2,1-3H3. The molecule has 1 aliphatic carbocycles. The van der Waals surface area contributed by atoms with Gasteiger partial charge in [0.2, 0.25) is 0 Å². The molecule has 122 valence electrons. The summed E-state index contributed by atoms with van der Waals surface area (Å²) in [6, 6.07) is 7.99. The van der Waals surface area contributed by atoms with E-state index in [4.69, 9.17) is 0 Å². The van der Waals surface area contributed by atoms with Gasteiger partial charge in [-0.3, -0.25) is 9.59 Å². The fourth-order valence-electron chi connectivity index (χ4n) is 2.83. The van der Waals surface area contributed by atoms with Crippen LogP contribution in [0.3, 0.4) is 0 Å². The van der Waals surface area contributed by atoms with Gasteiger partial charge in [0.25, 0.3) is 10.9 Å². The summed E-state index contributed by atoms with van der Waals surface area (Å²) >= 11 is 0. The maximum absolute atomic E-state index is 11.9. The van der Waals surface area contributed by atoms with Crippen molar-refractivity contribution in [2.45, 2.75) is 45.4 Å². The Kier molecular flexibility index (Phi) is 4.00. The Morgan fingerprint density at radius 2 is 1.78 bits per heavy atom. The number of nitrogens with one attached hydrogen (secondary N) is 2. The molecule has 0 aromatic heterocycles. The van der Waals surface area contributed by atoms with Gasteiger partial charge in [-0.2, -0.15) is 0 Å². The van der Waals surface area contributed by atoms with E-state index in [1.165, 1.54) is 24.8 Å². The van der Waals surface area contributed by atoms with Gasteiger partial charge in [-0.15, -0.1) is 0 Å². The SMILES string of the molecule is CC(C)(C)c1cccc(Nc2c(NCC3CCC3)c(=O)c2=O)c1. The molecule has 1 fully saturated rings. The Labute approximate surface area is 136 Å². The molecule has 0 heterocycles. The molecule has 0 unspecified atom stereocenters. The average Bonchev–Trinajstić information content (AvgIpc) is 2.47. The molecule has 4 nitrogen and oxygen atoms in total. The number of hydrogen-bond acceptors (Lipinski definition) is 4. The van der Waals surface area contributed by atoms with Gasteiger partial charge in [0, 0.05) is 12.2 Å². The molecule has 0 saturated heterocycles. The minimum Gasteiger partial charge on any atom is -0.380 e. The molecule has 23 heavy (non-hydrogen) atoms. The molecule has 1 saturated carbocycles. The molecule has 0 aliphatic heterocycles. The molecule has 0 bridgehead atoms. The molecule has 0 atom stereocenters. The minimum absolute atomic E-state index is 0.0385. The van der Waals surface area contributed by atoms with Gasteiger partial charge in [0.15, 0.2) is 0 Å². The second-order valence-electron chi connectivity index (χ2n) is 7.54. The van der Waals surface area contributed by atoms with E-state index >= 15 is 0 Å². The lowest BCUT2D eigenvalue weighted by Gasteiger charge is -2.26. The molecular weight excluding hydrogens is 288 g/mol. The van der Waals surface area contributed by atoms with Crippen molar-refractivity contribution in [1.82, 2.24) is 0 Å². The van der Waals surface area contributed by atoms with Crippen molar-refractivity contribution >= 4 is 17.1 Å². The lowest BCUT2D eigenvalue weighted by atomic mass is 9.85. The quantitative estimate of drug-likeness (QED) is 0.829. The summed E-state index contributed by atoms with van der Waals surface area (Å²) in [5.41, 5.74) is 2.09. The summed E-state index contributed by atoms with van der Waals surface area (Å²) in [6.45, 7) is 7.22. The fourth-order valence-corrected chi connectivity index (χ4v) is 2.83. The third kappa shape index (κ3) is 3.16. The molecule has 2 aromatic carbocycles. The van der Waals surface area contributed by atoms with Crippen LogP contribution in [0.15, 0.2) is 33.9 Å². The van der Waals surface area contributed by atoms with Crippen LogP contribution in [0.2, 0.25) is 0 Å². The zero-order valence-corrected chi connectivity index (χ0v) is 14.0. The Morgan fingerprint density at radius 3 is 2.39 bits per heavy atom. The van der Waals surface area contributed by atoms with E-state index in [1.807, 2.05) is 18.2 Å². The highest BCUT2D eigenvalue weighted by molar-refractivity contribution is 5.78. The fraction of sp³-hybridized carbons (Fsp3) is 0.474. The van der Waals surface area contributed by atoms with E-state index in [9.17, 15) is 9.59 Å². The van der Waals surface area contributed by atoms with Crippen LogP contribution in [0.4, 0.5) is 17.1 Å². The summed E-state index contributed by atoms with van der Waals surface area (Å²) in [5, 5.41) is 6.29. The Hall–Kier alpha value is -2.10. The van der Waals surface area contributed by atoms with Crippen LogP contribution >= 0.6 is 0 Å². The highest BCUT2D eigenvalue weighted by Crippen LogP contribution is 2.29. The van der Waals surface area contributed by atoms with E-state index in [0.717, 1.165) is 12.2 Å². The molecule has 0 amide bonds. The number of hydrogen-bond donors (Lipinski definition) is 2. The van der Waals surface area contributed by atoms with Crippen molar-refractivity contribution in [3.63, 3.8) is 0 Å². The van der Waals surface area contributed by atoms with E-state index < -0.39 is 10.9 Å². The lowest BCUT2D eigenvalue weighted by Crippen LogP contribution is -2.38. The van der Waals surface area contributed by atoms with Gasteiger partial charge in [-0.25, -0.2) is 0 Å². The van der Waals surface area contributed by atoms with E-state index in [2.05, 4.69) is 37.5 Å². The molecule has 3 rings (SSSR count). The predicted molar refractivity (Wildman–Crippen MR) is 95.6 cm³/mol. The molecule has 0 radical (unpaired) electrons. The third-order valence-corrected chi connectivity index (χ3v) is 4.70. The summed E-state index contributed by atoms with van der Waals surface area (Å²) in [6.07, 6.45) is 3.68. The van der Waals surface area contributed by atoms with Crippen molar-refractivity contribution in [2.24, 2.45) is 5.92 Å².